The van der Waals surface area contributed by atoms with Crippen LogP contribution in [-0.4, -0.2) is 24.8 Å². The van der Waals surface area contributed by atoms with E-state index in [0.717, 1.165) is 37.0 Å². The number of rotatable bonds is 5. The third kappa shape index (κ3) is 4.21. The van der Waals surface area contributed by atoms with Crippen molar-refractivity contribution in [2.24, 2.45) is 23.7 Å². The highest BCUT2D eigenvalue weighted by Crippen LogP contribution is 2.42. The van der Waals surface area contributed by atoms with Gasteiger partial charge in [0.15, 0.2) is 0 Å². The normalized spacial score (nSPS) is 34.7. The van der Waals surface area contributed by atoms with Crippen LogP contribution >= 0.6 is 0 Å². The molecule has 20 heavy (non-hydrogen) atoms. The molecule has 3 heteroatoms. The molecule has 0 radical (unpaired) electrons. The lowest BCUT2D eigenvalue weighted by atomic mass is 9.69. The van der Waals surface area contributed by atoms with Crippen molar-refractivity contribution < 1.29 is 14.6 Å². The molecule has 2 aliphatic carbocycles. The number of hydrogen-bond donors (Lipinski definition) is 1. The van der Waals surface area contributed by atoms with Gasteiger partial charge in [0.05, 0.1) is 13.0 Å². The van der Waals surface area contributed by atoms with Crippen LogP contribution in [0, 0.1) is 23.7 Å². The van der Waals surface area contributed by atoms with Crippen LogP contribution in [0.3, 0.4) is 0 Å². The maximum atomic E-state index is 11.6. The van der Waals surface area contributed by atoms with Gasteiger partial charge in [-0.2, -0.15) is 0 Å². The molecule has 0 aromatic heterocycles. The number of carbonyl (C=O) groups excluding carboxylic acids is 1. The van der Waals surface area contributed by atoms with Crippen LogP contribution < -0.4 is 0 Å². The minimum atomic E-state index is -0.00355. The summed E-state index contributed by atoms with van der Waals surface area (Å²) in [5, 5.41) is 8.90. The van der Waals surface area contributed by atoms with E-state index in [-0.39, 0.29) is 11.9 Å². The Morgan fingerprint density at radius 1 is 1.00 bits per heavy atom. The van der Waals surface area contributed by atoms with E-state index in [1.165, 1.54) is 52.1 Å². The van der Waals surface area contributed by atoms with Crippen molar-refractivity contribution in [1.82, 2.24) is 0 Å². The van der Waals surface area contributed by atoms with Gasteiger partial charge in [-0.1, -0.05) is 12.8 Å². The second-order valence-electron chi connectivity index (χ2n) is 6.78. The molecule has 116 valence electrons. The van der Waals surface area contributed by atoms with E-state index in [9.17, 15) is 4.79 Å². The Morgan fingerprint density at radius 3 is 2.05 bits per heavy atom. The Bertz CT molecular complexity index is 287. The summed E-state index contributed by atoms with van der Waals surface area (Å²) in [4.78, 5) is 11.6. The largest absolute Gasteiger partial charge is 0.469 e. The van der Waals surface area contributed by atoms with E-state index < -0.39 is 0 Å². The molecule has 2 saturated carbocycles. The van der Waals surface area contributed by atoms with Crippen LogP contribution in [0.5, 0.6) is 0 Å². The molecule has 0 aromatic carbocycles. The first kappa shape index (κ1) is 15.8. The van der Waals surface area contributed by atoms with Gasteiger partial charge in [-0.05, 0) is 69.1 Å². The number of hydrogen-bond acceptors (Lipinski definition) is 3. The number of aliphatic hydroxyl groups excluding tert-OH is 1. The Hall–Kier alpha value is -0.570. The van der Waals surface area contributed by atoms with Crippen molar-refractivity contribution in [3.63, 3.8) is 0 Å². The average molecular weight is 282 g/mol. The molecule has 0 bridgehead atoms. The number of methoxy groups -OCH3 is 1. The summed E-state index contributed by atoms with van der Waals surface area (Å²) < 4.78 is 4.86. The summed E-state index contributed by atoms with van der Waals surface area (Å²) in [6, 6.07) is 0. The maximum Gasteiger partial charge on any atom is 0.308 e. The molecule has 2 rings (SSSR count). The zero-order valence-corrected chi connectivity index (χ0v) is 12.9. The van der Waals surface area contributed by atoms with Crippen molar-refractivity contribution >= 4 is 5.97 Å². The molecule has 2 aliphatic rings. The highest BCUT2D eigenvalue weighted by atomic mass is 16.5. The molecular formula is C17H30O3. The first-order chi connectivity index (χ1) is 9.74. The van der Waals surface area contributed by atoms with Gasteiger partial charge in [0, 0.05) is 6.61 Å². The number of aliphatic hydroxyl groups is 1. The fraction of sp³-hybridized carbons (Fsp3) is 0.941. The average Bonchev–Trinajstić information content (AvgIpc) is 2.53. The van der Waals surface area contributed by atoms with Crippen molar-refractivity contribution in [2.45, 2.75) is 64.2 Å². The van der Waals surface area contributed by atoms with E-state index in [0.29, 0.717) is 6.61 Å². The predicted octanol–water partition coefficient (Wildman–Crippen LogP) is 3.54. The fourth-order valence-corrected chi connectivity index (χ4v) is 4.32. The smallest absolute Gasteiger partial charge is 0.308 e. The first-order valence-electron chi connectivity index (χ1n) is 8.43. The minimum Gasteiger partial charge on any atom is -0.469 e. The number of ether oxygens (including phenoxy) is 1. The van der Waals surface area contributed by atoms with Crippen LogP contribution in [0.25, 0.3) is 0 Å². The zero-order valence-electron chi connectivity index (χ0n) is 12.9. The van der Waals surface area contributed by atoms with E-state index in [4.69, 9.17) is 9.84 Å². The Labute approximate surface area is 123 Å². The summed E-state index contributed by atoms with van der Waals surface area (Å²) >= 11 is 0. The van der Waals surface area contributed by atoms with E-state index in [1.54, 1.807) is 0 Å². The summed E-state index contributed by atoms with van der Waals surface area (Å²) in [5.41, 5.74) is 0. The second kappa shape index (κ2) is 8.02. The SMILES string of the molecule is COC(=O)C1CCC(C2CCC(CCCO)CC2)CC1. The third-order valence-electron chi connectivity index (χ3n) is 5.63. The van der Waals surface area contributed by atoms with Crippen LogP contribution in [0.1, 0.15) is 64.2 Å². The van der Waals surface area contributed by atoms with Crippen LogP contribution in [0.4, 0.5) is 0 Å². The molecule has 3 nitrogen and oxygen atoms in total. The van der Waals surface area contributed by atoms with Gasteiger partial charge in [0.1, 0.15) is 0 Å². The van der Waals surface area contributed by atoms with Gasteiger partial charge in [-0.3, -0.25) is 4.79 Å². The number of esters is 1. The fourth-order valence-electron chi connectivity index (χ4n) is 4.32. The molecular weight excluding hydrogens is 252 g/mol. The van der Waals surface area contributed by atoms with Gasteiger partial charge in [0.2, 0.25) is 0 Å². The van der Waals surface area contributed by atoms with Gasteiger partial charge in [-0.25, -0.2) is 0 Å². The molecule has 1 N–H and O–H groups in total. The lowest BCUT2D eigenvalue weighted by Gasteiger charge is -2.37. The maximum absolute atomic E-state index is 11.6. The monoisotopic (exact) mass is 282 g/mol. The lowest BCUT2D eigenvalue weighted by molar-refractivity contribution is -0.147. The predicted molar refractivity (Wildman–Crippen MR) is 79.2 cm³/mol. The Balaban J connectivity index is 1.69. The summed E-state index contributed by atoms with van der Waals surface area (Å²) in [6.07, 6.45) is 12.1. The first-order valence-corrected chi connectivity index (χ1v) is 8.43. The van der Waals surface area contributed by atoms with Crippen LogP contribution in [0.15, 0.2) is 0 Å². The lowest BCUT2D eigenvalue weighted by Crippen LogP contribution is -2.28. The number of carbonyl (C=O) groups is 1. The van der Waals surface area contributed by atoms with Gasteiger partial charge in [-0.15, -0.1) is 0 Å². The summed E-state index contributed by atoms with van der Waals surface area (Å²) in [6.45, 7) is 0.345. The van der Waals surface area contributed by atoms with Crippen molar-refractivity contribution in [2.75, 3.05) is 13.7 Å². The highest BCUT2D eigenvalue weighted by molar-refractivity contribution is 5.72. The molecule has 0 atom stereocenters. The van der Waals surface area contributed by atoms with Crippen LogP contribution in [-0.2, 0) is 9.53 Å². The third-order valence-corrected chi connectivity index (χ3v) is 5.63. The molecule has 0 aromatic rings. The van der Waals surface area contributed by atoms with Crippen molar-refractivity contribution in [1.29, 1.82) is 0 Å². The van der Waals surface area contributed by atoms with E-state index in [1.807, 2.05) is 0 Å². The molecule has 0 aliphatic heterocycles. The van der Waals surface area contributed by atoms with Crippen molar-refractivity contribution in [3.05, 3.63) is 0 Å². The molecule has 0 amide bonds. The molecule has 0 saturated heterocycles. The topological polar surface area (TPSA) is 46.5 Å². The summed E-state index contributed by atoms with van der Waals surface area (Å²) in [7, 11) is 1.50. The van der Waals surface area contributed by atoms with Gasteiger partial charge in [0.25, 0.3) is 0 Å². The van der Waals surface area contributed by atoms with E-state index in [2.05, 4.69) is 0 Å². The van der Waals surface area contributed by atoms with Crippen LogP contribution in [0.2, 0.25) is 0 Å². The second-order valence-corrected chi connectivity index (χ2v) is 6.78. The molecule has 0 unspecified atom stereocenters. The van der Waals surface area contributed by atoms with Gasteiger partial charge < -0.3 is 9.84 Å². The zero-order chi connectivity index (χ0) is 14.4. The Kier molecular flexibility index (Phi) is 6.34. The molecule has 0 heterocycles. The van der Waals surface area contributed by atoms with E-state index >= 15 is 0 Å². The summed E-state index contributed by atoms with van der Waals surface area (Å²) in [5.74, 6) is 2.74. The Morgan fingerprint density at radius 2 is 1.55 bits per heavy atom. The minimum absolute atomic E-state index is 0.00355. The quantitative estimate of drug-likeness (QED) is 0.784. The molecule has 0 spiro atoms. The van der Waals surface area contributed by atoms with Crippen molar-refractivity contribution in [3.8, 4) is 0 Å². The standard InChI is InChI=1S/C17H30O3/c1-20-17(19)16-10-8-15(9-11-16)14-6-4-13(5-7-14)3-2-12-18/h13-16,18H,2-12H2,1H3. The highest BCUT2D eigenvalue weighted by Gasteiger charge is 2.32. The molecule has 2 fully saturated rings. The van der Waals surface area contributed by atoms with Gasteiger partial charge >= 0.3 is 5.97 Å².